The number of fused-ring (bicyclic) bond motifs is 3. The number of rotatable bonds is 4. The number of hydrogen-bond donors (Lipinski definition) is 2. The van der Waals surface area contributed by atoms with Crippen molar-refractivity contribution in [3.63, 3.8) is 0 Å². The van der Waals surface area contributed by atoms with E-state index in [1.165, 1.54) is 12.8 Å². The normalized spacial score (nSPS) is 29.4. The van der Waals surface area contributed by atoms with Crippen molar-refractivity contribution >= 4 is 11.0 Å². The topological polar surface area (TPSA) is 40.7 Å². The summed E-state index contributed by atoms with van der Waals surface area (Å²) >= 11 is 0. The Hall–Kier alpha value is -1.61. The summed E-state index contributed by atoms with van der Waals surface area (Å²) in [6.07, 6.45) is 7.57. The van der Waals surface area contributed by atoms with Gasteiger partial charge < -0.3 is 10.3 Å². The first-order valence-corrected chi connectivity index (χ1v) is 7.66. The van der Waals surface area contributed by atoms with Gasteiger partial charge >= 0.3 is 0 Å². The van der Waals surface area contributed by atoms with Gasteiger partial charge in [0, 0.05) is 0 Å². The number of imidazole rings is 1. The van der Waals surface area contributed by atoms with E-state index in [2.05, 4.69) is 46.5 Å². The Morgan fingerprint density at radius 1 is 1.30 bits per heavy atom. The van der Waals surface area contributed by atoms with Crippen LogP contribution < -0.4 is 5.32 Å². The number of hydrogen-bond acceptors (Lipinski definition) is 2. The lowest BCUT2D eigenvalue weighted by atomic mass is 9.93. The maximum atomic E-state index is 4.67. The number of aromatic nitrogens is 2. The first-order valence-electron chi connectivity index (χ1n) is 7.66. The SMILES string of the molecule is CC(NCC1CC2C=CC1C2)c1nc2ccccc2[nH]1. The number of aromatic amines is 1. The molecule has 2 bridgehead atoms. The van der Waals surface area contributed by atoms with Crippen molar-refractivity contribution in [3.8, 4) is 0 Å². The van der Waals surface area contributed by atoms with Gasteiger partial charge in [-0.15, -0.1) is 0 Å². The van der Waals surface area contributed by atoms with Gasteiger partial charge in [-0.1, -0.05) is 24.3 Å². The second kappa shape index (κ2) is 4.74. The average molecular weight is 267 g/mol. The molecule has 0 radical (unpaired) electrons. The average Bonchev–Trinajstić information content (AvgIpc) is 3.18. The fourth-order valence-corrected chi connectivity index (χ4v) is 3.73. The van der Waals surface area contributed by atoms with Gasteiger partial charge in [0.2, 0.25) is 0 Å². The summed E-state index contributed by atoms with van der Waals surface area (Å²) in [5.41, 5.74) is 2.18. The largest absolute Gasteiger partial charge is 0.341 e. The summed E-state index contributed by atoms with van der Waals surface area (Å²) in [4.78, 5) is 8.09. The highest BCUT2D eigenvalue weighted by Gasteiger charge is 2.35. The monoisotopic (exact) mass is 267 g/mol. The second-order valence-corrected chi connectivity index (χ2v) is 6.31. The molecule has 1 aromatic heterocycles. The minimum Gasteiger partial charge on any atom is -0.341 e. The highest BCUT2D eigenvalue weighted by Crippen LogP contribution is 2.43. The van der Waals surface area contributed by atoms with Gasteiger partial charge in [-0.2, -0.15) is 0 Å². The third kappa shape index (κ3) is 2.06. The van der Waals surface area contributed by atoms with Crippen LogP contribution in [-0.2, 0) is 0 Å². The van der Waals surface area contributed by atoms with Crippen molar-refractivity contribution in [2.75, 3.05) is 6.54 Å². The zero-order valence-electron chi connectivity index (χ0n) is 11.8. The Morgan fingerprint density at radius 2 is 2.20 bits per heavy atom. The van der Waals surface area contributed by atoms with Crippen molar-refractivity contribution < 1.29 is 0 Å². The molecule has 4 atom stereocenters. The smallest absolute Gasteiger partial charge is 0.124 e. The van der Waals surface area contributed by atoms with E-state index in [0.29, 0.717) is 0 Å². The van der Waals surface area contributed by atoms with Crippen LogP contribution in [0.2, 0.25) is 0 Å². The number of nitrogens with one attached hydrogen (secondary N) is 2. The van der Waals surface area contributed by atoms with Crippen molar-refractivity contribution in [3.05, 3.63) is 42.2 Å². The van der Waals surface area contributed by atoms with Gasteiger partial charge in [-0.25, -0.2) is 4.98 Å². The molecule has 2 aliphatic rings. The van der Waals surface area contributed by atoms with Crippen LogP contribution >= 0.6 is 0 Å². The lowest BCUT2D eigenvalue weighted by molar-refractivity contribution is 0.389. The molecular formula is C17H21N3. The number of allylic oxidation sites excluding steroid dienone is 2. The van der Waals surface area contributed by atoms with Crippen LogP contribution in [0.15, 0.2) is 36.4 Å². The molecule has 2 N–H and O–H groups in total. The first-order chi connectivity index (χ1) is 9.79. The molecule has 20 heavy (non-hydrogen) atoms. The van der Waals surface area contributed by atoms with Crippen LogP contribution in [0.25, 0.3) is 11.0 Å². The molecule has 4 unspecified atom stereocenters. The van der Waals surface area contributed by atoms with E-state index in [1.54, 1.807) is 0 Å². The third-order valence-corrected chi connectivity index (χ3v) is 4.92. The van der Waals surface area contributed by atoms with Gasteiger partial charge in [-0.05, 0) is 56.2 Å². The van der Waals surface area contributed by atoms with Crippen LogP contribution in [0.1, 0.15) is 31.6 Å². The van der Waals surface area contributed by atoms with E-state index < -0.39 is 0 Å². The molecule has 0 aliphatic heterocycles. The molecule has 4 rings (SSSR count). The molecular weight excluding hydrogens is 246 g/mol. The molecule has 0 spiro atoms. The highest BCUT2D eigenvalue weighted by molar-refractivity contribution is 5.74. The molecule has 1 heterocycles. The van der Waals surface area contributed by atoms with Crippen LogP contribution in [0.5, 0.6) is 0 Å². The third-order valence-electron chi connectivity index (χ3n) is 4.92. The molecule has 3 nitrogen and oxygen atoms in total. The fraction of sp³-hybridized carbons (Fsp3) is 0.471. The standard InChI is InChI=1S/C17H21N3/c1-11(17-19-15-4-2-3-5-16(15)20-17)18-10-14-9-12-6-7-13(14)8-12/h2-7,11-14,18H,8-10H2,1H3,(H,19,20). The van der Waals surface area contributed by atoms with Gasteiger partial charge in [-0.3, -0.25) is 0 Å². The van der Waals surface area contributed by atoms with E-state index in [-0.39, 0.29) is 6.04 Å². The van der Waals surface area contributed by atoms with Gasteiger partial charge in [0.05, 0.1) is 17.1 Å². The Bertz CT molecular complexity index is 609. The summed E-state index contributed by atoms with van der Waals surface area (Å²) in [5, 5.41) is 3.66. The van der Waals surface area contributed by atoms with Crippen LogP contribution in [-0.4, -0.2) is 16.5 Å². The van der Waals surface area contributed by atoms with Crippen LogP contribution in [0.3, 0.4) is 0 Å². The number of para-hydroxylation sites is 2. The molecule has 104 valence electrons. The van der Waals surface area contributed by atoms with Crippen molar-refractivity contribution in [2.45, 2.75) is 25.8 Å². The molecule has 1 saturated carbocycles. The molecule has 0 amide bonds. The zero-order chi connectivity index (χ0) is 13.5. The Labute approximate surface area is 119 Å². The fourth-order valence-electron chi connectivity index (χ4n) is 3.73. The lowest BCUT2D eigenvalue weighted by Gasteiger charge is -2.20. The molecule has 1 aromatic carbocycles. The highest BCUT2D eigenvalue weighted by atomic mass is 15.0. The molecule has 1 fully saturated rings. The zero-order valence-corrected chi connectivity index (χ0v) is 11.8. The van der Waals surface area contributed by atoms with Crippen molar-refractivity contribution in [1.29, 1.82) is 0 Å². The van der Waals surface area contributed by atoms with Gasteiger partial charge in [0.25, 0.3) is 0 Å². The first kappa shape index (κ1) is 12.2. The molecule has 3 heteroatoms. The summed E-state index contributed by atoms with van der Waals surface area (Å²) in [5.74, 6) is 3.53. The predicted octanol–water partition coefficient (Wildman–Crippen LogP) is 3.43. The van der Waals surface area contributed by atoms with E-state index >= 15 is 0 Å². The Balaban J connectivity index is 1.42. The molecule has 2 aliphatic carbocycles. The Kier molecular flexibility index (Phi) is 2.88. The minimum absolute atomic E-state index is 0.283. The number of benzene rings is 1. The summed E-state index contributed by atoms with van der Waals surface area (Å²) in [7, 11) is 0. The number of nitrogens with zero attached hydrogens (tertiary/aromatic N) is 1. The van der Waals surface area contributed by atoms with Crippen molar-refractivity contribution in [1.82, 2.24) is 15.3 Å². The van der Waals surface area contributed by atoms with Crippen molar-refractivity contribution in [2.24, 2.45) is 17.8 Å². The molecule has 0 saturated heterocycles. The van der Waals surface area contributed by atoms with Gasteiger partial charge in [0.15, 0.2) is 0 Å². The molecule has 2 aromatic rings. The van der Waals surface area contributed by atoms with E-state index in [1.807, 2.05) is 12.1 Å². The van der Waals surface area contributed by atoms with E-state index in [0.717, 1.165) is 41.2 Å². The van der Waals surface area contributed by atoms with E-state index in [9.17, 15) is 0 Å². The second-order valence-electron chi connectivity index (χ2n) is 6.31. The number of H-pyrrole nitrogens is 1. The quantitative estimate of drug-likeness (QED) is 0.833. The Morgan fingerprint density at radius 3 is 2.95 bits per heavy atom. The van der Waals surface area contributed by atoms with Crippen LogP contribution in [0, 0.1) is 17.8 Å². The predicted molar refractivity (Wildman–Crippen MR) is 81.4 cm³/mol. The van der Waals surface area contributed by atoms with Gasteiger partial charge in [0.1, 0.15) is 5.82 Å². The maximum absolute atomic E-state index is 4.67. The summed E-state index contributed by atoms with van der Waals surface area (Å²) < 4.78 is 0. The summed E-state index contributed by atoms with van der Waals surface area (Å²) in [6.45, 7) is 3.30. The lowest BCUT2D eigenvalue weighted by Crippen LogP contribution is -2.28. The van der Waals surface area contributed by atoms with E-state index in [4.69, 9.17) is 0 Å². The summed E-state index contributed by atoms with van der Waals surface area (Å²) in [6, 6.07) is 8.50. The maximum Gasteiger partial charge on any atom is 0.124 e. The van der Waals surface area contributed by atoms with Crippen LogP contribution in [0.4, 0.5) is 0 Å². The minimum atomic E-state index is 0.283.